The highest BCUT2D eigenvalue weighted by Crippen LogP contribution is 2.11. The van der Waals surface area contributed by atoms with Gasteiger partial charge in [-0.3, -0.25) is 0 Å². The van der Waals surface area contributed by atoms with Crippen LogP contribution in [0.3, 0.4) is 0 Å². The molecule has 0 spiro atoms. The number of carbonyl (C=O) groups is 1. The molecule has 7 nitrogen and oxygen atoms in total. The van der Waals surface area contributed by atoms with Crippen LogP contribution in [0.1, 0.15) is 22.8 Å². The summed E-state index contributed by atoms with van der Waals surface area (Å²) in [6.45, 7) is 0. The lowest BCUT2D eigenvalue weighted by Gasteiger charge is -2.04. The zero-order valence-electron chi connectivity index (χ0n) is 13.9. The Kier molecular flexibility index (Phi) is 4.34. The Morgan fingerprint density at radius 2 is 1.54 bits per heavy atom. The molecular formula is C19H16N6O. The fourth-order valence-electron chi connectivity index (χ4n) is 2.70. The average Bonchev–Trinajstić information content (AvgIpc) is 3.33. The Bertz CT molecular complexity index is 993. The SMILES string of the molecule is O=C(n1cncn1)n1nc(Cc2ccccc2)nc1Cc1ccccc1. The summed E-state index contributed by atoms with van der Waals surface area (Å²) >= 11 is 0. The topological polar surface area (TPSA) is 78.5 Å². The number of carbonyl (C=O) groups excluding carboxylic acids is 1. The second-order valence-electron chi connectivity index (χ2n) is 5.80. The van der Waals surface area contributed by atoms with E-state index in [4.69, 9.17) is 0 Å². The number of hydrogen-bond donors (Lipinski definition) is 0. The molecule has 0 saturated heterocycles. The second-order valence-corrected chi connectivity index (χ2v) is 5.80. The summed E-state index contributed by atoms with van der Waals surface area (Å²) in [5.41, 5.74) is 2.14. The molecule has 4 aromatic rings. The van der Waals surface area contributed by atoms with Crippen LogP contribution in [0.5, 0.6) is 0 Å². The number of aromatic nitrogens is 6. The smallest absolute Gasteiger partial charge is 0.243 e. The van der Waals surface area contributed by atoms with Gasteiger partial charge in [-0.15, -0.1) is 5.10 Å². The normalized spacial score (nSPS) is 10.8. The summed E-state index contributed by atoms with van der Waals surface area (Å²) < 4.78 is 2.45. The van der Waals surface area contributed by atoms with Gasteiger partial charge >= 0.3 is 6.03 Å². The molecule has 2 heterocycles. The number of nitrogens with zero attached hydrogens (tertiary/aromatic N) is 6. The van der Waals surface area contributed by atoms with Gasteiger partial charge in [0.1, 0.15) is 18.5 Å². The third kappa shape index (κ3) is 3.41. The number of rotatable bonds is 4. The highest BCUT2D eigenvalue weighted by molar-refractivity contribution is 5.77. The molecule has 0 N–H and O–H groups in total. The van der Waals surface area contributed by atoms with Gasteiger partial charge in [0.25, 0.3) is 0 Å². The van der Waals surface area contributed by atoms with Crippen LogP contribution in [0.25, 0.3) is 0 Å². The van der Waals surface area contributed by atoms with Gasteiger partial charge in [0, 0.05) is 12.8 Å². The van der Waals surface area contributed by atoms with Gasteiger partial charge in [-0.2, -0.15) is 14.5 Å². The molecular weight excluding hydrogens is 328 g/mol. The third-order valence-corrected chi connectivity index (χ3v) is 3.92. The maximum Gasteiger partial charge on any atom is 0.372 e. The van der Waals surface area contributed by atoms with Gasteiger partial charge in [-0.1, -0.05) is 60.7 Å². The molecule has 0 bridgehead atoms. The van der Waals surface area contributed by atoms with Crippen molar-refractivity contribution in [3.63, 3.8) is 0 Å². The molecule has 0 unspecified atom stereocenters. The van der Waals surface area contributed by atoms with Crippen molar-refractivity contribution in [3.05, 3.63) is 96.1 Å². The monoisotopic (exact) mass is 344 g/mol. The predicted octanol–water partition coefficient (Wildman–Crippen LogP) is 2.57. The van der Waals surface area contributed by atoms with Crippen molar-refractivity contribution in [2.75, 3.05) is 0 Å². The quantitative estimate of drug-likeness (QED) is 0.568. The third-order valence-electron chi connectivity index (χ3n) is 3.92. The van der Waals surface area contributed by atoms with Crippen LogP contribution >= 0.6 is 0 Å². The molecule has 26 heavy (non-hydrogen) atoms. The maximum atomic E-state index is 12.7. The molecule has 2 aromatic carbocycles. The van der Waals surface area contributed by atoms with Gasteiger partial charge in [0.15, 0.2) is 5.82 Å². The fourth-order valence-corrected chi connectivity index (χ4v) is 2.70. The Morgan fingerprint density at radius 1 is 0.885 bits per heavy atom. The zero-order chi connectivity index (χ0) is 17.8. The molecule has 2 aromatic heterocycles. The van der Waals surface area contributed by atoms with Gasteiger partial charge in [-0.25, -0.2) is 14.8 Å². The molecule has 0 aliphatic carbocycles. The van der Waals surface area contributed by atoms with E-state index in [2.05, 4.69) is 20.2 Å². The molecule has 128 valence electrons. The van der Waals surface area contributed by atoms with Crippen molar-refractivity contribution in [2.45, 2.75) is 12.8 Å². The Balaban J connectivity index is 1.69. The minimum Gasteiger partial charge on any atom is -0.243 e. The predicted molar refractivity (Wildman–Crippen MR) is 94.7 cm³/mol. The lowest BCUT2D eigenvalue weighted by Crippen LogP contribution is -2.23. The Hall–Kier alpha value is -3.61. The lowest BCUT2D eigenvalue weighted by molar-refractivity contribution is 0.237. The van der Waals surface area contributed by atoms with Gasteiger partial charge in [0.2, 0.25) is 0 Å². The van der Waals surface area contributed by atoms with Gasteiger partial charge < -0.3 is 0 Å². The van der Waals surface area contributed by atoms with E-state index in [1.54, 1.807) is 0 Å². The van der Waals surface area contributed by atoms with E-state index < -0.39 is 6.03 Å². The molecule has 0 atom stereocenters. The van der Waals surface area contributed by atoms with Crippen LogP contribution in [-0.4, -0.2) is 35.6 Å². The standard InChI is InChI=1S/C19H16N6O/c26-19(24-14-20-13-21-24)25-18(12-16-9-5-2-6-10-16)22-17(23-25)11-15-7-3-1-4-8-15/h1-10,13-14H,11-12H2. The first-order valence-corrected chi connectivity index (χ1v) is 8.21. The molecule has 0 aliphatic rings. The summed E-state index contributed by atoms with van der Waals surface area (Å²) in [7, 11) is 0. The first kappa shape index (κ1) is 15.9. The number of benzene rings is 2. The Labute approximate surface area is 150 Å². The van der Waals surface area contributed by atoms with Crippen LogP contribution in [0.2, 0.25) is 0 Å². The van der Waals surface area contributed by atoms with Crippen molar-refractivity contribution in [1.29, 1.82) is 0 Å². The fraction of sp³-hybridized carbons (Fsp3) is 0.105. The van der Waals surface area contributed by atoms with E-state index in [0.717, 1.165) is 15.8 Å². The van der Waals surface area contributed by atoms with Crippen LogP contribution in [-0.2, 0) is 12.8 Å². The van der Waals surface area contributed by atoms with E-state index >= 15 is 0 Å². The molecule has 0 radical (unpaired) electrons. The van der Waals surface area contributed by atoms with Gasteiger partial charge in [-0.05, 0) is 11.1 Å². The van der Waals surface area contributed by atoms with Gasteiger partial charge in [0.05, 0.1) is 0 Å². The van der Waals surface area contributed by atoms with E-state index in [0.29, 0.717) is 24.5 Å². The van der Waals surface area contributed by atoms with Crippen LogP contribution in [0.4, 0.5) is 4.79 Å². The first-order chi connectivity index (χ1) is 12.8. The highest BCUT2D eigenvalue weighted by atomic mass is 16.2. The summed E-state index contributed by atoms with van der Waals surface area (Å²) in [5, 5.41) is 8.33. The summed E-state index contributed by atoms with van der Waals surface area (Å²) in [6.07, 6.45) is 3.73. The molecule has 0 fully saturated rings. The van der Waals surface area contributed by atoms with E-state index in [9.17, 15) is 4.79 Å². The van der Waals surface area contributed by atoms with Crippen molar-refractivity contribution >= 4 is 6.03 Å². The molecule has 0 saturated carbocycles. The number of hydrogen-bond acceptors (Lipinski definition) is 5. The molecule has 0 amide bonds. The largest absolute Gasteiger partial charge is 0.372 e. The first-order valence-electron chi connectivity index (χ1n) is 8.21. The maximum absolute atomic E-state index is 12.7. The Morgan fingerprint density at radius 3 is 2.15 bits per heavy atom. The van der Waals surface area contributed by atoms with E-state index in [1.807, 2.05) is 60.7 Å². The van der Waals surface area contributed by atoms with Crippen LogP contribution < -0.4 is 0 Å². The summed E-state index contributed by atoms with van der Waals surface area (Å²) in [5.74, 6) is 1.17. The minimum absolute atomic E-state index is 0.403. The lowest BCUT2D eigenvalue weighted by atomic mass is 10.1. The molecule has 0 aliphatic heterocycles. The van der Waals surface area contributed by atoms with Crippen LogP contribution in [0.15, 0.2) is 73.3 Å². The average molecular weight is 344 g/mol. The van der Waals surface area contributed by atoms with Crippen molar-refractivity contribution in [3.8, 4) is 0 Å². The van der Waals surface area contributed by atoms with Crippen LogP contribution in [0, 0.1) is 0 Å². The minimum atomic E-state index is -0.403. The highest BCUT2D eigenvalue weighted by Gasteiger charge is 2.18. The summed E-state index contributed by atoms with van der Waals surface area (Å²) in [6, 6.07) is 19.4. The molecule has 4 rings (SSSR count). The van der Waals surface area contributed by atoms with Crippen molar-refractivity contribution in [2.24, 2.45) is 0 Å². The zero-order valence-corrected chi connectivity index (χ0v) is 13.9. The van der Waals surface area contributed by atoms with E-state index in [-0.39, 0.29) is 0 Å². The summed E-state index contributed by atoms with van der Waals surface area (Å²) in [4.78, 5) is 21.1. The van der Waals surface area contributed by atoms with E-state index in [1.165, 1.54) is 17.3 Å². The van der Waals surface area contributed by atoms with Crippen molar-refractivity contribution < 1.29 is 4.79 Å². The second kappa shape index (κ2) is 7.10. The molecule has 7 heteroatoms. The van der Waals surface area contributed by atoms with Crippen molar-refractivity contribution in [1.82, 2.24) is 29.5 Å².